The highest BCUT2D eigenvalue weighted by Crippen LogP contribution is 2.29. The van der Waals surface area contributed by atoms with Crippen LogP contribution in [0.5, 0.6) is 0 Å². The topological polar surface area (TPSA) is 60.9 Å². The minimum atomic E-state index is -0.903. The molecule has 0 bridgehead atoms. The van der Waals surface area contributed by atoms with Gasteiger partial charge in [-0.1, -0.05) is 0 Å². The zero-order valence-electron chi connectivity index (χ0n) is 10.5. The molecule has 0 aromatic carbocycles. The van der Waals surface area contributed by atoms with Crippen molar-refractivity contribution in [3.63, 3.8) is 0 Å². The molecule has 1 aliphatic rings. The summed E-state index contributed by atoms with van der Waals surface area (Å²) in [5.74, 6) is -0.251. The van der Waals surface area contributed by atoms with Crippen molar-refractivity contribution in [2.45, 2.75) is 25.8 Å². The van der Waals surface area contributed by atoms with E-state index in [9.17, 15) is 9.59 Å². The number of carboxylic acid groups (broad SMARTS) is 1. The minimum absolute atomic E-state index is 0. The molecule has 6 heteroatoms. The molecule has 0 saturated heterocycles. The number of likely N-dealkylation sites (N-methyl/N-ethyl adjacent to an activating group) is 2. The first-order valence-electron chi connectivity index (χ1n) is 5.58. The summed E-state index contributed by atoms with van der Waals surface area (Å²) >= 11 is 0. The SMILES string of the molecule is CC(C(=O)O)N(C)CC(=O)N(C)CC1CC1.Cl. The quantitative estimate of drug-likeness (QED) is 0.767. The maximum atomic E-state index is 11.7. The monoisotopic (exact) mass is 264 g/mol. The van der Waals surface area contributed by atoms with Gasteiger partial charge in [-0.25, -0.2) is 0 Å². The number of carboxylic acids is 1. The van der Waals surface area contributed by atoms with Crippen molar-refractivity contribution in [1.29, 1.82) is 0 Å². The molecule has 1 fully saturated rings. The molecule has 1 N–H and O–H groups in total. The van der Waals surface area contributed by atoms with Gasteiger partial charge in [0.15, 0.2) is 0 Å². The second-order valence-electron chi connectivity index (χ2n) is 4.65. The summed E-state index contributed by atoms with van der Waals surface area (Å²) in [6.45, 7) is 2.54. The number of amides is 1. The van der Waals surface area contributed by atoms with Crippen LogP contribution >= 0.6 is 12.4 Å². The average molecular weight is 265 g/mol. The van der Waals surface area contributed by atoms with E-state index in [0.29, 0.717) is 5.92 Å². The van der Waals surface area contributed by atoms with Gasteiger partial charge in [-0.2, -0.15) is 0 Å². The van der Waals surface area contributed by atoms with Gasteiger partial charge in [0.1, 0.15) is 6.04 Å². The van der Waals surface area contributed by atoms with Gasteiger partial charge in [-0.15, -0.1) is 12.4 Å². The van der Waals surface area contributed by atoms with E-state index in [-0.39, 0.29) is 24.9 Å². The molecule has 0 aliphatic heterocycles. The molecular weight excluding hydrogens is 244 g/mol. The molecule has 1 aliphatic carbocycles. The van der Waals surface area contributed by atoms with Crippen molar-refractivity contribution < 1.29 is 14.7 Å². The molecule has 1 atom stereocenters. The van der Waals surface area contributed by atoms with Crippen LogP contribution in [0.1, 0.15) is 19.8 Å². The summed E-state index contributed by atoms with van der Waals surface area (Å²) in [6, 6.07) is -0.627. The van der Waals surface area contributed by atoms with E-state index in [4.69, 9.17) is 5.11 Å². The zero-order valence-corrected chi connectivity index (χ0v) is 11.4. The van der Waals surface area contributed by atoms with Gasteiger partial charge < -0.3 is 10.0 Å². The van der Waals surface area contributed by atoms with E-state index in [1.807, 2.05) is 0 Å². The standard InChI is InChI=1S/C11H20N2O3.ClH/c1-8(11(15)16)12(2)7-10(14)13(3)6-9-4-5-9;/h8-9H,4-7H2,1-3H3,(H,15,16);1H. The second kappa shape index (κ2) is 6.81. The van der Waals surface area contributed by atoms with Crippen LogP contribution in [0.25, 0.3) is 0 Å². The summed E-state index contributed by atoms with van der Waals surface area (Å²) < 4.78 is 0. The van der Waals surface area contributed by atoms with E-state index in [1.165, 1.54) is 12.8 Å². The predicted molar refractivity (Wildman–Crippen MR) is 67.3 cm³/mol. The lowest BCUT2D eigenvalue weighted by Gasteiger charge is -2.24. The van der Waals surface area contributed by atoms with Crippen LogP contribution in [0.4, 0.5) is 0 Å². The average Bonchev–Trinajstić information content (AvgIpc) is 2.99. The van der Waals surface area contributed by atoms with Crippen LogP contribution in [0, 0.1) is 5.92 Å². The van der Waals surface area contributed by atoms with Gasteiger partial charge in [-0.3, -0.25) is 14.5 Å². The number of carbonyl (C=O) groups excluding carboxylic acids is 1. The largest absolute Gasteiger partial charge is 0.480 e. The van der Waals surface area contributed by atoms with Crippen molar-refractivity contribution in [3.05, 3.63) is 0 Å². The molecule has 0 aromatic rings. The van der Waals surface area contributed by atoms with Crippen molar-refractivity contribution in [2.24, 2.45) is 5.92 Å². The summed E-state index contributed by atoms with van der Waals surface area (Å²) in [5.41, 5.74) is 0. The molecule has 0 heterocycles. The molecular formula is C11H21ClN2O3. The van der Waals surface area contributed by atoms with Crippen LogP contribution in [0.3, 0.4) is 0 Å². The first-order valence-corrected chi connectivity index (χ1v) is 5.58. The Hall–Kier alpha value is -0.810. The van der Waals surface area contributed by atoms with Gasteiger partial charge >= 0.3 is 5.97 Å². The van der Waals surface area contributed by atoms with Gasteiger partial charge in [0.25, 0.3) is 0 Å². The lowest BCUT2D eigenvalue weighted by molar-refractivity contribution is -0.143. The molecule has 17 heavy (non-hydrogen) atoms. The number of nitrogens with zero attached hydrogens (tertiary/aromatic N) is 2. The Labute approximate surface area is 108 Å². The Morgan fingerprint density at radius 3 is 2.29 bits per heavy atom. The van der Waals surface area contributed by atoms with E-state index < -0.39 is 12.0 Å². The summed E-state index contributed by atoms with van der Waals surface area (Å²) in [4.78, 5) is 25.7. The van der Waals surface area contributed by atoms with Crippen molar-refractivity contribution in [1.82, 2.24) is 9.80 Å². The maximum absolute atomic E-state index is 11.7. The second-order valence-corrected chi connectivity index (χ2v) is 4.65. The first kappa shape index (κ1) is 16.2. The van der Waals surface area contributed by atoms with E-state index in [2.05, 4.69) is 0 Å². The Morgan fingerprint density at radius 1 is 1.35 bits per heavy atom. The van der Waals surface area contributed by atoms with Crippen molar-refractivity contribution in [2.75, 3.05) is 27.2 Å². The fourth-order valence-corrected chi connectivity index (χ4v) is 1.45. The highest BCUT2D eigenvalue weighted by atomic mass is 35.5. The van der Waals surface area contributed by atoms with Crippen LogP contribution in [-0.4, -0.2) is 60.0 Å². The number of hydrogen-bond donors (Lipinski definition) is 1. The maximum Gasteiger partial charge on any atom is 0.320 e. The number of aliphatic carboxylic acids is 1. The van der Waals surface area contributed by atoms with Gasteiger partial charge in [0, 0.05) is 13.6 Å². The lowest BCUT2D eigenvalue weighted by Crippen LogP contribution is -2.43. The third-order valence-corrected chi connectivity index (χ3v) is 3.06. The highest BCUT2D eigenvalue weighted by Gasteiger charge is 2.26. The number of hydrogen-bond acceptors (Lipinski definition) is 3. The lowest BCUT2D eigenvalue weighted by atomic mass is 10.3. The zero-order chi connectivity index (χ0) is 12.3. The molecule has 100 valence electrons. The van der Waals surface area contributed by atoms with Crippen LogP contribution in [0.2, 0.25) is 0 Å². The third kappa shape index (κ3) is 5.37. The summed E-state index contributed by atoms with van der Waals surface area (Å²) in [7, 11) is 3.43. The van der Waals surface area contributed by atoms with Gasteiger partial charge in [-0.05, 0) is 32.7 Å². The molecule has 0 aromatic heterocycles. The fourth-order valence-electron chi connectivity index (χ4n) is 1.45. The Morgan fingerprint density at radius 2 is 1.88 bits per heavy atom. The normalized spacial score (nSPS) is 16.2. The van der Waals surface area contributed by atoms with Crippen molar-refractivity contribution >= 4 is 24.3 Å². The van der Waals surface area contributed by atoms with Gasteiger partial charge in [0.2, 0.25) is 5.91 Å². The number of carbonyl (C=O) groups is 2. The number of rotatable bonds is 6. The third-order valence-electron chi connectivity index (χ3n) is 3.06. The summed E-state index contributed by atoms with van der Waals surface area (Å²) in [5, 5.41) is 8.79. The van der Waals surface area contributed by atoms with Crippen LogP contribution in [-0.2, 0) is 9.59 Å². The molecule has 5 nitrogen and oxygen atoms in total. The first-order chi connectivity index (χ1) is 7.41. The Kier molecular flexibility index (Phi) is 6.49. The molecule has 1 unspecified atom stereocenters. The molecule has 0 radical (unpaired) electrons. The minimum Gasteiger partial charge on any atom is -0.480 e. The highest BCUT2D eigenvalue weighted by molar-refractivity contribution is 5.85. The van der Waals surface area contributed by atoms with E-state index in [0.717, 1.165) is 6.54 Å². The van der Waals surface area contributed by atoms with E-state index in [1.54, 1.807) is 30.8 Å². The smallest absolute Gasteiger partial charge is 0.320 e. The number of halogens is 1. The van der Waals surface area contributed by atoms with Gasteiger partial charge in [0.05, 0.1) is 6.54 Å². The van der Waals surface area contributed by atoms with Crippen LogP contribution in [0.15, 0.2) is 0 Å². The molecule has 1 amide bonds. The Bertz CT molecular complexity index is 282. The van der Waals surface area contributed by atoms with E-state index >= 15 is 0 Å². The molecule has 1 saturated carbocycles. The van der Waals surface area contributed by atoms with Crippen molar-refractivity contribution in [3.8, 4) is 0 Å². The van der Waals surface area contributed by atoms with Crippen LogP contribution < -0.4 is 0 Å². The fraction of sp³-hybridized carbons (Fsp3) is 0.818. The molecule has 1 rings (SSSR count). The Balaban J connectivity index is 0.00000256. The molecule has 0 spiro atoms. The predicted octanol–water partition coefficient (Wildman–Crippen LogP) is 0.681. The summed E-state index contributed by atoms with van der Waals surface area (Å²) in [6.07, 6.45) is 2.41.